The second-order valence-electron chi connectivity index (χ2n) is 15.9. The van der Waals surface area contributed by atoms with Crippen LogP contribution in [0.3, 0.4) is 0 Å². The van der Waals surface area contributed by atoms with Crippen LogP contribution >= 0.6 is 0 Å². The smallest absolute Gasteiger partial charge is 0.328 e. The molecule has 2 aromatic rings. The monoisotopic (exact) mass is 780 g/mol. The van der Waals surface area contributed by atoms with Gasteiger partial charge in [-0.3, -0.25) is 19.2 Å². The molecule has 0 saturated carbocycles. The van der Waals surface area contributed by atoms with Gasteiger partial charge < -0.3 is 35.8 Å². The summed E-state index contributed by atoms with van der Waals surface area (Å²) >= 11 is 0. The second kappa shape index (κ2) is 23.3. The summed E-state index contributed by atoms with van der Waals surface area (Å²) in [7, 11) is 2.49. The minimum Gasteiger partial charge on any atom is -0.467 e. The highest BCUT2D eigenvalue weighted by Gasteiger charge is 2.36. The first kappa shape index (κ1) is 47.4. The number of methoxy groups -OCH3 is 2. The Bertz CT molecular complexity index is 1450. The SMILES string of the molecule is COC(=O)[C@@H](NC(=O)[C@@H](NC(=O)[C@H](Cc1ccccc1)CC(O)C[C@@H](Cc1ccccc1)C(=O)N[C@H](C(=O)N[C@H](C(=O)OC)C(C)C)C(C)C)C(C)C)C(C)C. The third-order valence-electron chi connectivity index (χ3n) is 9.84. The Labute approximate surface area is 332 Å². The number of rotatable bonds is 22. The van der Waals surface area contributed by atoms with Crippen molar-refractivity contribution in [3.63, 3.8) is 0 Å². The first-order valence-corrected chi connectivity index (χ1v) is 19.5. The Kier molecular flexibility index (Phi) is 19.7. The molecule has 2 aromatic carbocycles. The molecule has 13 nitrogen and oxygen atoms in total. The fourth-order valence-corrected chi connectivity index (χ4v) is 6.46. The van der Waals surface area contributed by atoms with Gasteiger partial charge in [0.15, 0.2) is 0 Å². The highest BCUT2D eigenvalue weighted by Crippen LogP contribution is 2.23. The van der Waals surface area contributed by atoms with Crippen molar-refractivity contribution in [3.05, 3.63) is 71.8 Å². The lowest BCUT2D eigenvalue weighted by Crippen LogP contribution is -2.56. The van der Waals surface area contributed by atoms with Crippen LogP contribution in [0.15, 0.2) is 60.7 Å². The van der Waals surface area contributed by atoms with E-state index in [9.17, 15) is 33.9 Å². The van der Waals surface area contributed by atoms with Gasteiger partial charge in [-0.05, 0) is 60.5 Å². The lowest BCUT2D eigenvalue weighted by atomic mass is 9.86. The minimum atomic E-state index is -1.14. The summed E-state index contributed by atoms with van der Waals surface area (Å²) < 4.78 is 9.75. The van der Waals surface area contributed by atoms with Gasteiger partial charge in [0.2, 0.25) is 23.6 Å². The van der Waals surface area contributed by atoms with E-state index >= 15 is 0 Å². The average molecular weight is 781 g/mol. The van der Waals surface area contributed by atoms with Crippen LogP contribution < -0.4 is 21.3 Å². The van der Waals surface area contributed by atoms with Crippen LogP contribution in [0.1, 0.15) is 79.4 Å². The van der Waals surface area contributed by atoms with Crippen molar-refractivity contribution in [2.24, 2.45) is 35.5 Å². The molecule has 0 heterocycles. The molecule has 56 heavy (non-hydrogen) atoms. The number of amides is 4. The van der Waals surface area contributed by atoms with E-state index in [0.717, 1.165) is 11.1 Å². The van der Waals surface area contributed by atoms with E-state index in [0.29, 0.717) is 0 Å². The molecule has 0 spiro atoms. The van der Waals surface area contributed by atoms with Gasteiger partial charge in [0, 0.05) is 11.8 Å². The first-order chi connectivity index (χ1) is 26.4. The summed E-state index contributed by atoms with van der Waals surface area (Å²) in [5, 5.41) is 22.9. The Balaban J connectivity index is 2.38. The van der Waals surface area contributed by atoms with E-state index in [1.807, 2.05) is 60.7 Å². The van der Waals surface area contributed by atoms with Crippen molar-refractivity contribution >= 4 is 35.6 Å². The van der Waals surface area contributed by atoms with E-state index in [2.05, 4.69) is 21.3 Å². The van der Waals surface area contributed by atoms with Gasteiger partial charge >= 0.3 is 11.9 Å². The molecule has 0 fully saturated rings. The molecule has 2 rings (SSSR count). The van der Waals surface area contributed by atoms with Gasteiger partial charge in [-0.25, -0.2) is 9.59 Å². The Morgan fingerprint density at radius 3 is 1.04 bits per heavy atom. The lowest BCUT2D eigenvalue weighted by molar-refractivity contribution is -0.147. The van der Waals surface area contributed by atoms with Crippen LogP contribution in [-0.4, -0.2) is 85.2 Å². The molecule has 0 radical (unpaired) electrons. The third kappa shape index (κ3) is 15.0. The maximum Gasteiger partial charge on any atom is 0.328 e. The Morgan fingerprint density at radius 1 is 0.482 bits per heavy atom. The van der Waals surface area contributed by atoms with Crippen molar-refractivity contribution in [2.75, 3.05) is 14.2 Å². The number of benzene rings is 2. The number of ether oxygens (including phenoxy) is 2. The number of esters is 2. The highest BCUT2D eigenvalue weighted by molar-refractivity contribution is 5.92. The number of carbonyl (C=O) groups excluding carboxylic acids is 6. The lowest BCUT2D eigenvalue weighted by Gasteiger charge is -2.29. The maximum atomic E-state index is 14.1. The van der Waals surface area contributed by atoms with Crippen molar-refractivity contribution in [1.82, 2.24) is 21.3 Å². The fraction of sp³-hybridized carbons (Fsp3) is 0.581. The van der Waals surface area contributed by atoms with E-state index in [1.54, 1.807) is 55.4 Å². The normalized spacial score (nSPS) is 14.7. The third-order valence-corrected chi connectivity index (χ3v) is 9.84. The summed E-state index contributed by atoms with van der Waals surface area (Å²) in [5.41, 5.74) is 1.68. The first-order valence-electron chi connectivity index (χ1n) is 19.5. The number of carbonyl (C=O) groups is 6. The molecule has 0 aliphatic carbocycles. The van der Waals surface area contributed by atoms with Crippen molar-refractivity contribution in [1.29, 1.82) is 0 Å². The van der Waals surface area contributed by atoms with Gasteiger partial charge in [0.25, 0.3) is 0 Å². The fourth-order valence-electron chi connectivity index (χ4n) is 6.46. The molecule has 0 aliphatic rings. The maximum absolute atomic E-state index is 14.1. The molecule has 0 unspecified atom stereocenters. The molecule has 4 amide bonds. The summed E-state index contributed by atoms with van der Waals surface area (Å²) in [6.07, 6.45) is -0.719. The number of aliphatic hydroxyl groups excluding tert-OH is 1. The van der Waals surface area contributed by atoms with Crippen LogP contribution in [-0.2, 0) is 51.1 Å². The zero-order valence-electron chi connectivity index (χ0n) is 34.7. The molecular weight excluding hydrogens is 716 g/mol. The van der Waals surface area contributed by atoms with E-state index in [-0.39, 0.29) is 49.4 Å². The molecule has 0 aliphatic heterocycles. The van der Waals surface area contributed by atoms with Crippen LogP contribution in [0, 0.1) is 35.5 Å². The predicted octanol–water partition coefficient (Wildman–Crippen LogP) is 3.75. The molecule has 310 valence electrons. The molecule has 13 heteroatoms. The topological polar surface area (TPSA) is 189 Å². The van der Waals surface area contributed by atoms with Crippen LogP contribution in [0.25, 0.3) is 0 Å². The van der Waals surface area contributed by atoms with E-state index in [1.165, 1.54) is 14.2 Å². The van der Waals surface area contributed by atoms with Crippen molar-refractivity contribution in [2.45, 2.75) is 111 Å². The Hall–Kier alpha value is -4.78. The highest BCUT2D eigenvalue weighted by atomic mass is 16.5. The van der Waals surface area contributed by atoms with E-state index in [4.69, 9.17) is 9.47 Å². The quantitative estimate of drug-likeness (QED) is 0.111. The second-order valence-corrected chi connectivity index (χ2v) is 15.9. The molecule has 6 atom stereocenters. The van der Waals surface area contributed by atoms with E-state index < -0.39 is 77.7 Å². The molecule has 0 bridgehead atoms. The zero-order valence-corrected chi connectivity index (χ0v) is 34.7. The average Bonchev–Trinajstić information content (AvgIpc) is 3.15. The van der Waals surface area contributed by atoms with Crippen molar-refractivity contribution in [3.8, 4) is 0 Å². The Morgan fingerprint density at radius 2 is 0.768 bits per heavy atom. The van der Waals surface area contributed by atoms with Gasteiger partial charge in [0.05, 0.1) is 20.3 Å². The summed E-state index contributed by atoms with van der Waals surface area (Å²) in [6, 6.07) is 14.8. The minimum absolute atomic E-state index is 0.0359. The van der Waals surface area contributed by atoms with Gasteiger partial charge in [0.1, 0.15) is 24.2 Å². The molecule has 0 aromatic heterocycles. The molecular formula is C43H64N4O9. The number of aliphatic hydroxyl groups is 1. The number of nitrogens with one attached hydrogen (secondary N) is 4. The summed E-state index contributed by atoms with van der Waals surface area (Å²) in [5.74, 6) is -6.02. The van der Waals surface area contributed by atoms with Crippen LogP contribution in [0.2, 0.25) is 0 Å². The largest absolute Gasteiger partial charge is 0.467 e. The number of hydrogen-bond acceptors (Lipinski definition) is 9. The standard InChI is InChI=1S/C43H64N4O9/c1-25(2)34(40(51)46-36(27(5)6)42(53)55-9)44-38(49)31(21-29-17-13-11-14-18-29)23-33(48)24-32(22-30-19-15-12-16-20-30)39(50)45-35(26(3)4)41(52)47-37(28(7)8)43(54)56-10/h11-20,25-28,31-37,48H,21-24H2,1-10H3,(H,44,49)(H,45,50)(H,46,51)(H,47,52)/t31-,32-,34+,35+,36+,37+/m1/s1. The van der Waals surface area contributed by atoms with Gasteiger partial charge in [-0.15, -0.1) is 0 Å². The van der Waals surface area contributed by atoms with Gasteiger partial charge in [-0.2, -0.15) is 0 Å². The van der Waals surface area contributed by atoms with Crippen LogP contribution in [0.4, 0.5) is 0 Å². The van der Waals surface area contributed by atoms with Crippen molar-refractivity contribution < 1.29 is 43.3 Å². The van der Waals surface area contributed by atoms with Crippen LogP contribution in [0.5, 0.6) is 0 Å². The summed E-state index contributed by atoms with van der Waals surface area (Å²) in [6.45, 7) is 14.2. The number of hydrogen-bond donors (Lipinski definition) is 5. The predicted molar refractivity (Wildman–Crippen MR) is 214 cm³/mol. The molecule has 0 saturated heterocycles. The summed E-state index contributed by atoms with van der Waals surface area (Å²) in [4.78, 5) is 79.9. The van der Waals surface area contributed by atoms with Gasteiger partial charge in [-0.1, -0.05) is 116 Å². The molecule has 5 N–H and O–H groups in total. The zero-order chi connectivity index (χ0) is 42.1.